The van der Waals surface area contributed by atoms with Gasteiger partial charge in [-0.15, -0.1) is 0 Å². The molecule has 102 valence electrons. The predicted molar refractivity (Wildman–Crippen MR) is 77.2 cm³/mol. The SMILES string of the molecule is Cc1cccc(CN(C)c2nc(N)nc3nc[nH]c23)n1. The second-order valence-corrected chi connectivity index (χ2v) is 4.63. The fourth-order valence-electron chi connectivity index (χ4n) is 2.12. The Morgan fingerprint density at radius 2 is 2.10 bits per heavy atom. The second-order valence-electron chi connectivity index (χ2n) is 4.63. The molecule has 0 amide bonds. The van der Waals surface area contributed by atoms with Gasteiger partial charge in [-0.3, -0.25) is 4.98 Å². The van der Waals surface area contributed by atoms with E-state index in [1.54, 1.807) is 6.33 Å². The van der Waals surface area contributed by atoms with Gasteiger partial charge in [0, 0.05) is 12.7 Å². The first-order chi connectivity index (χ1) is 9.63. The van der Waals surface area contributed by atoms with Crippen LogP contribution in [0, 0.1) is 6.92 Å². The van der Waals surface area contributed by atoms with Crippen molar-refractivity contribution in [3.05, 3.63) is 35.9 Å². The van der Waals surface area contributed by atoms with Crippen molar-refractivity contribution in [3.8, 4) is 0 Å². The number of anilines is 2. The van der Waals surface area contributed by atoms with Crippen molar-refractivity contribution in [1.82, 2.24) is 24.9 Å². The van der Waals surface area contributed by atoms with E-state index in [-0.39, 0.29) is 5.95 Å². The molecule has 3 heterocycles. The average Bonchev–Trinajstić information content (AvgIpc) is 2.85. The van der Waals surface area contributed by atoms with Crippen molar-refractivity contribution in [2.24, 2.45) is 0 Å². The van der Waals surface area contributed by atoms with Crippen molar-refractivity contribution >= 4 is 22.9 Å². The molecule has 0 saturated carbocycles. The van der Waals surface area contributed by atoms with E-state index >= 15 is 0 Å². The molecule has 0 atom stereocenters. The molecule has 0 saturated heterocycles. The van der Waals surface area contributed by atoms with Crippen LogP contribution in [-0.2, 0) is 6.54 Å². The minimum absolute atomic E-state index is 0.212. The third-order valence-corrected chi connectivity index (χ3v) is 2.99. The number of hydrogen-bond donors (Lipinski definition) is 2. The summed E-state index contributed by atoms with van der Waals surface area (Å²) in [7, 11) is 1.94. The van der Waals surface area contributed by atoms with Crippen LogP contribution in [0.15, 0.2) is 24.5 Å². The number of aromatic amines is 1. The summed E-state index contributed by atoms with van der Waals surface area (Å²) in [6.45, 7) is 2.60. The number of aryl methyl sites for hydroxylation is 1. The molecule has 0 radical (unpaired) electrons. The Hall–Kier alpha value is -2.70. The molecule has 0 aliphatic heterocycles. The zero-order chi connectivity index (χ0) is 14.1. The summed E-state index contributed by atoms with van der Waals surface area (Å²) < 4.78 is 0. The van der Waals surface area contributed by atoms with Crippen LogP contribution in [0.3, 0.4) is 0 Å². The quantitative estimate of drug-likeness (QED) is 0.743. The minimum Gasteiger partial charge on any atom is -0.368 e. The Bertz CT molecular complexity index is 749. The Morgan fingerprint density at radius 1 is 1.25 bits per heavy atom. The van der Waals surface area contributed by atoms with Crippen LogP contribution >= 0.6 is 0 Å². The molecule has 3 N–H and O–H groups in total. The standard InChI is InChI=1S/C13H15N7/c1-8-4-3-5-9(17-8)6-20(2)12-10-11(16-7-15-10)18-13(14)19-12/h3-5,7H,6H2,1-2H3,(H3,14,15,16,18,19). The lowest BCUT2D eigenvalue weighted by atomic mass is 10.3. The molecule has 0 aliphatic rings. The molecule has 20 heavy (non-hydrogen) atoms. The molecule has 0 fully saturated rings. The normalized spacial score (nSPS) is 10.9. The molecule has 0 spiro atoms. The summed E-state index contributed by atoms with van der Waals surface area (Å²) in [6, 6.07) is 5.95. The van der Waals surface area contributed by atoms with E-state index in [2.05, 4.69) is 24.9 Å². The number of nitrogens with one attached hydrogen (secondary N) is 1. The van der Waals surface area contributed by atoms with Crippen molar-refractivity contribution in [2.75, 3.05) is 17.7 Å². The average molecular weight is 269 g/mol. The first-order valence-corrected chi connectivity index (χ1v) is 6.24. The van der Waals surface area contributed by atoms with Crippen LogP contribution in [0.1, 0.15) is 11.4 Å². The van der Waals surface area contributed by atoms with Crippen LogP contribution in [0.4, 0.5) is 11.8 Å². The summed E-state index contributed by atoms with van der Waals surface area (Å²) in [5, 5.41) is 0. The monoisotopic (exact) mass is 269 g/mol. The molecule has 0 aliphatic carbocycles. The Kier molecular flexibility index (Phi) is 2.94. The number of hydrogen-bond acceptors (Lipinski definition) is 6. The number of fused-ring (bicyclic) bond motifs is 1. The highest BCUT2D eigenvalue weighted by Gasteiger charge is 2.13. The third-order valence-electron chi connectivity index (χ3n) is 2.99. The van der Waals surface area contributed by atoms with E-state index in [0.29, 0.717) is 18.0 Å². The van der Waals surface area contributed by atoms with Gasteiger partial charge in [-0.1, -0.05) is 6.07 Å². The Morgan fingerprint density at radius 3 is 2.90 bits per heavy atom. The second kappa shape index (κ2) is 4.76. The molecular weight excluding hydrogens is 254 g/mol. The lowest BCUT2D eigenvalue weighted by Crippen LogP contribution is -2.20. The summed E-state index contributed by atoms with van der Waals surface area (Å²) >= 11 is 0. The smallest absolute Gasteiger partial charge is 0.224 e. The van der Waals surface area contributed by atoms with E-state index in [0.717, 1.165) is 16.9 Å². The number of aromatic nitrogens is 5. The number of rotatable bonds is 3. The molecule has 3 aromatic rings. The maximum absolute atomic E-state index is 5.72. The molecular formula is C13H15N7. The molecule has 3 aromatic heterocycles. The topological polar surface area (TPSA) is 96.6 Å². The van der Waals surface area contributed by atoms with Gasteiger partial charge in [0.25, 0.3) is 0 Å². The summed E-state index contributed by atoms with van der Waals surface area (Å²) in [6.07, 6.45) is 1.58. The van der Waals surface area contributed by atoms with Crippen molar-refractivity contribution < 1.29 is 0 Å². The maximum Gasteiger partial charge on any atom is 0.224 e. The van der Waals surface area contributed by atoms with Gasteiger partial charge in [0.2, 0.25) is 5.95 Å². The van der Waals surface area contributed by atoms with Gasteiger partial charge >= 0.3 is 0 Å². The predicted octanol–water partition coefficient (Wildman–Crippen LogP) is 1.27. The molecule has 0 unspecified atom stereocenters. The number of nitrogens with zero attached hydrogens (tertiary/aromatic N) is 5. The van der Waals surface area contributed by atoms with E-state index in [4.69, 9.17) is 5.73 Å². The fraction of sp³-hybridized carbons (Fsp3) is 0.231. The fourth-order valence-corrected chi connectivity index (χ4v) is 2.12. The summed E-state index contributed by atoms with van der Waals surface area (Å²) in [4.78, 5) is 22.0. The van der Waals surface area contributed by atoms with Crippen LogP contribution in [0.5, 0.6) is 0 Å². The van der Waals surface area contributed by atoms with E-state index in [9.17, 15) is 0 Å². The first kappa shape index (κ1) is 12.3. The van der Waals surface area contributed by atoms with Gasteiger partial charge in [0.1, 0.15) is 5.52 Å². The van der Waals surface area contributed by atoms with Gasteiger partial charge in [-0.2, -0.15) is 9.97 Å². The number of pyridine rings is 1. The van der Waals surface area contributed by atoms with Crippen LogP contribution < -0.4 is 10.6 Å². The van der Waals surface area contributed by atoms with Crippen molar-refractivity contribution in [3.63, 3.8) is 0 Å². The van der Waals surface area contributed by atoms with Crippen LogP contribution in [0.25, 0.3) is 11.2 Å². The van der Waals surface area contributed by atoms with E-state index < -0.39 is 0 Å². The summed E-state index contributed by atoms with van der Waals surface area (Å²) in [5.74, 6) is 0.928. The van der Waals surface area contributed by atoms with E-state index in [1.165, 1.54) is 0 Å². The zero-order valence-corrected chi connectivity index (χ0v) is 11.3. The Balaban J connectivity index is 1.96. The summed E-state index contributed by atoms with van der Waals surface area (Å²) in [5.41, 5.74) is 9.02. The highest BCUT2D eigenvalue weighted by molar-refractivity contribution is 5.83. The van der Waals surface area contributed by atoms with Gasteiger partial charge < -0.3 is 15.6 Å². The minimum atomic E-state index is 0.212. The molecule has 3 rings (SSSR count). The lowest BCUT2D eigenvalue weighted by molar-refractivity contribution is 0.861. The number of nitrogen functional groups attached to an aromatic ring is 1. The zero-order valence-electron chi connectivity index (χ0n) is 11.3. The molecule has 0 aromatic carbocycles. The number of nitrogens with two attached hydrogens (primary N) is 1. The number of imidazole rings is 1. The van der Waals surface area contributed by atoms with E-state index in [1.807, 2.05) is 37.1 Å². The van der Waals surface area contributed by atoms with Gasteiger partial charge in [0.05, 0.1) is 18.6 Å². The molecule has 0 bridgehead atoms. The largest absolute Gasteiger partial charge is 0.368 e. The van der Waals surface area contributed by atoms with Crippen LogP contribution in [0.2, 0.25) is 0 Å². The third kappa shape index (κ3) is 2.25. The number of H-pyrrole nitrogens is 1. The highest BCUT2D eigenvalue weighted by Crippen LogP contribution is 2.21. The maximum atomic E-state index is 5.72. The van der Waals surface area contributed by atoms with Crippen molar-refractivity contribution in [1.29, 1.82) is 0 Å². The van der Waals surface area contributed by atoms with Gasteiger partial charge in [0.15, 0.2) is 11.5 Å². The van der Waals surface area contributed by atoms with Crippen LogP contribution in [-0.4, -0.2) is 32.0 Å². The van der Waals surface area contributed by atoms with Gasteiger partial charge in [-0.05, 0) is 19.1 Å². The van der Waals surface area contributed by atoms with Crippen molar-refractivity contribution in [2.45, 2.75) is 13.5 Å². The molecule has 7 heteroatoms. The first-order valence-electron chi connectivity index (χ1n) is 6.24. The Labute approximate surface area is 115 Å². The highest BCUT2D eigenvalue weighted by atomic mass is 15.2. The lowest BCUT2D eigenvalue weighted by Gasteiger charge is -2.18. The molecule has 7 nitrogen and oxygen atoms in total. The van der Waals surface area contributed by atoms with Gasteiger partial charge in [-0.25, -0.2) is 4.98 Å².